The van der Waals surface area contributed by atoms with E-state index in [1.54, 1.807) is 6.92 Å². The van der Waals surface area contributed by atoms with Crippen molar-refractivity contribution in [3.63, 3.8) is 0 Å². The molecule has 3 nitrogen and oxygen atoms in total. The van der Waals surface area contributed by atoms with Gasteiger partial charge in [-0.3, -0.25) is 4.79 Å². The van der Waals surface area contributed by atoms with Crippen molar-refractivity contribution in [2.24, 2.45) is 0 Å². The Labute approximate surface area is 59.4 Å². The minimum absolute atomic E-state index is 0.176. The molecule has 0 spiro atoms. The molecule has 0 fully saturated rings. The van der Waals surface area contributed by atoms with E-state index < -0.39 is 5.97 Å². The van der Waals surface area contributed by atoms with Gasteiger partial charge in [0.2, 0.25) is 0 Å². The van der Waals surface area contributed by atoms with Crippen LogP contribution in [0.15, 0.2) is 11.6 Å². The van der Waals surface area contributed by atoms with Gasteiger partial charge in [0.05, 0.1) is 0 Å². The summed E-state index contributed by atoms with van der Waals surface area (Å²) in [5, 5.41) is 8.24. The van der Waals surface area contributed by atoms with Crippen LogP contribution in [0.2, 0.25) is 0 Å². The molecule has 1 N–H and O–H groups in total. The summed E-state index contributed by atoms with van der Waals surface area (Å²) in [7, 11) is 0. The van der Waals surface area contributed by atoms with Crippen molar-refractivity contribution >= 4 is 11.8 Å². The highest BCUT2D eigenvalue weighted by molar-refractivity contribution is 5.98. The quantitative estimate of drug-likeness (QED) is 0.598. The van der Waals surface area contributed by atoms with E-state index in [1.807, 2.05) is 0 Å². The second-order valence-electron chi connectivity index (χ2n) is 1.92. The molecule has 0 unspecified atom stereocenters. The highest BCUT2D eigenvalue weighted by Gasteiger charge is 2.01. The highest BCUT2D eigenvalue weighted by atomic mass is 16.4. The number of ketones is 1. The van der Waals surface area contributed by atoms with Crippen LogP contribution in [0.1, 0.15) is 20.3 Å². The maximum atomic E-state index is 10.6. The summed E-state index contributed by atoms with van der Waals surface area (Å²) in [6.07, 6.45) is 1.42. The van der Waals surface area contributed by atoms with E-state index in [1.165, 1.54) is 6.92 Å². The van der Waals surface area contributed by atoms with Gasteiger partial charge in [-0.15, -0.1) is 0 Å². The van der Waals surface area contributed by atoms with E-state index in [0.29, 0.717) is 12.0 Å². The normalized spacial score (nSPS) is 11.2. The lowest BCUT2D eigenvalue weighted by Gasteiger charge is -1.93. The molecule has 0 rings (SSSR count). The first-order chi connectivity index (χ1) is 4.57. The SMILES string of the molecule is CCC(=CC(=O)O)C(C)=O. The second-order valence-corrected chi connectivity index (χ2v) is 1.92. The molecule has 0 aliphatic heterocycles. The van der Waals surface area contributed by atoms with Gasteiger partial charge >= 0.3 is 5.97 Å². The van der Waals surface area contributed by atoms with Gasteiger partial charge in [-0.2, -0.15) is 0 Å². The van der Waals surface area contributed by atoms with Crippen molar-refractivity contribution in [3.05, 3.63) is 11.6 Å². The Morgan fingerprint density at radius 1 is 1.50 bits per heavy atom. The summed E-state index contributed by atoms with van der Waals surface area (Å²) in [4.78, 5) is 20.6. The first-order valence-electron chi connectivity index (χ1n) is 3.02. The van der Waals surface area contributed by atoms with Gasteiger partial charge in [0.15, 0.2) is 5.78 Å². The number of carbonyl (C=O) groups is 2. The van der Waals surface area contributed by atoms with Gasteiger partial charge in [-0.05, 0) is 13.3 Å². The number of Topliss-reactive ketones (excluding diaryl/α,β-unsaturated/α-hetero) is 1. The predicted octanol–water partition coefficient (Wildman–Crippen LogP) is 0.996. The Balaban J connectivity index is 4.34. The Morgan fingerprint density at radius 3 is 2.10 bits per heavy atom. The molecule has 0 bridgehead atoms. The molecule has 0 heterocycles. The molecule has 0 aromatic carbocycles. The average Bonchev–Trinajstić information content (AvgIpc) is 1.81. The molecule has 56 valence electrons. The third-order valence-corrected chi connectivity index (χ3v) is 1.13. The van der Waals surface area contributed by atoms with Crippen molar-refractivity contribution in [2.45, 2.75) is 20.3 Å². The van der Waals surface area contributed by atoms with E-state index in [0.717, 1.165) is 6.08 Å². The average molecular weight is 142 g/mol. The number of carboxylic acids is 1. The maximum Gasteiger partial charge on any atom is 0.328 e. The van der Waals surface area contributed by atoms with E-state index in [-0.39, 0.29) is 5.78 Å². The molecule has 0 atom stereocenters. The van der Waals surface area contributed by atoms with Crippen LogP contribution in [-0.2, 0) is 9.59 Å². The van der Waals surface area contributed by atoms with Crippen molar-refractivity contribution < 1.29 is 14.7 Å². The molecule has 0 amide bonds. The highest BCUT2D eigenvalue weighted by Crippen LogP contribution is 2.00. The topological polar surface area (TPSA) is 54.4 Å². The molecule has 0 aromatic heterocycles. The molecular formula is C7H10O3. The van der Waals surface area contributed by atoms with E-state index >= 15 is 0 Å². The number of allylic oxidation sites excluding steroid dienone is 1. The fourth-order valence-electron chi connectivity index (χ4n) is 0.602. The standard InChI is InChI=1S/C7H10O3/c1-3-6(5(2)8)4-7(9)10/h4H,3H2,1-2H3,(H,9,10). The predicted molar refractivity (Wildman–Crippen MR) is 36.7 cm³/mol. The summed E-state index contributed by atoms with van der Waals surface area (Å²) < 4.78 is 0. The fraction of sp³-hybridized carbons (Fsp3) is 0.429. The van der Waals surface area contributed by atoms with Gasteiger partial charge in [0.25, 0.3) is 0 Å². The van der Waals surface area contributed by atoms with Gasteiger partial charge in [-0.25, -0.2) is 4.79 Å². The van der Waals surface area contributed by atoms with Crippen molar-refractivity contribution in [3.8, 4) is 0 Å². The third kappa shape index (κ3) is 3.02. The van der Waals surface area contributed by atoms with Crippen molar-refractivity contribution in [1.29, 1.82) is 0 Å². The van der Waals surface area contributed by atoms with Gasteiger partial charge in [-0.1, -0.05) is 6.92 Å². The van der Waals surface area contributed by atoms with Crippen LogP contribution in [0.3, 0.4) is 0 Å². The molecule has 0 aliphatic carbocycles. The zero-order chi connectivity index (χ0) is 8.15. The van der Waals surface area contributed by atoms with Crippen LogP contribution in [0.25, 0.3) is 0 Å². The fourth-order valence-corrected chi connectivity index (χ4v) is 0.602. The Hall–Kier alpha value is -1.12. The van der Waals surface area contributed by atoms with E-state index in [2.05, 4.69) is 0 Å². The van der Waals surface area contributed by atoms with Gasteiger partial charge < -0.3 is 5.11 Å². The summed E-state index contributed by atoms with van der Waals surface area (Å²) in [6, 6.07) is 0. The Bertz CT molecular complexity index is 179. The summed E-state index contributed by atoms with van der Waals surface area (Å²) in [5.41, 5.74) is 0.354. The molecule has 10 heavy (non-hydrogen) atoms. The summed E-state index contributed by atoms with van der Waals surface area (Å²) in [6.45, 7) is 3.11. The minimum Gasteiger partial charge on any atom is -0.478 e. The first-order valence-corrected chi connectivity index (χ1v) is 3.02. The molecule has 0 saturated heterocycles. The zero-order valence-corrected chi connectivity index (χ0v) is 6.05. The van der Waals surface area contributed by atoms with Crippen molar-refractivity contribution in [1.82, 2.24) is 0 Å². The number of hydrogen-bond acceptors (Lipinski definition) is 2. The number of hydrogen-bond donors (Lipinski definition) is 1. The van der Waals surface area contributed by atoms with E-state index in [9.17, 15) is 9.59 Å². The number of rotatable bonds is 3. The Morgan fingerprint density at radius 2 is 2.00 bits per heavy atom. The lowest BCUT2D eigenvalue weighted by atomic mass is 10.1. The second kappa shape index (κ2) is 3.82. The molecule has 3 heteroatoms. The number of aliphatic carboxylic acids is 1. The van der Waals surface area contributed by atoms with Crippen LogP contribution < -0.4 is 0 Å². The molecular weight excluding hydrogens is 132 g/mol. The molecule has 0 aromatic rings. The smallest absolute Gasteiger partial charge is 0.328 e. The van der Waals surface area contributed by atoms with Crippen LogP contribution in [0, 0.1) is 0 Å². The monoisotopic (exact) mass is 142 g/mol. The van der Waals surface area contributed by atoms with E-state index in [4.69, 9.17) is 5.11 Å². The first kappa shape index (κ1) is 8.88. The van der Waals surface area contributed by atoms with Crippen molar-refractivity contribution in [2.75, 3.05) is 0 Å². The minimum atomic E-state index is -1.06. The van der Waals surface area contributed by atoms with Crippen LogP contribution in [-0.4, -0.2) is 16.9 Å². The largest absolute Gasteiger partial charge is 0.478 e. The Kier molecular flexibility index (Phi) is 3.39. The number of carboxylic acid groups (broad SMARTS) is 1. The molecule has 0 saturated carbocycles. The molecule has 0 aliphatic rings. The van der Waals surface area contributed by atoms with Crippen LogP contribution in [0.4, 0.5) is 0 Å². The van der Waals surface area contributed by atoms with Gasteiger partial charge in [0, 0.05) is 11.6 Å². The van der Waals surface area contributed by atoms with Gasteiger partial charge in [0.1, 0.15) is 0 Å². The lowest BCUT2D eigenvalue weighted by Crippen LogP contribution is -1.99. The third-order valence-electron chi connectivity index (χ3n) is 1.13. The summed E-state index contributed by atoms with van der Waals surface area (Å²) in [5.74, 6) is -1.24. The zero-order valence-electron chi connectivity index (χ0n) is 6.05. The van der Waals surface area contributed by atoms with Crippen LogP contribution in [0.5, 0.6) is 0 Å². The maximum absolute atomic E-state index is 10.6. The van der Waals surface area contributed by atoms with Crippen LogP contribution >= 0.6 is 0 Å². The molecule has 0 radical (unpaired) electrons. The number of carbonyl (C=O) groups excluding carboxylic acids is 1. The summed E-state index contributed by atoms with van der Waals surface area (Å²) >= 11 is 0. The lowest BCUT2D eigenvalue weighted by molar-refractivity contribution is -0.131.